The molecule has 0 aromatic carbocycles. The summed E-state index contributed by atoms with van der Waals surface area (Å²) in [6.45, 7) is 4.44. The molecule has 2 N–H and O–H groups in total. The number of allylic oxidation sites excluding steroid dienone is 1. The zero-order valence-electron chi connectivity index (χ0n) is 16.7. The number of nitrogens with one attached hydrogen (secondary N) is 2. The van der Waals surface area contributed by atoms with Gasteiger partial charge in [0, 0.05) is 18.0 Å². The molecular formula is C21H29N5O2S. The number of amides is 3. The van der Waals surface area contributed by atoms with Crippen molar-refractivity contribution in [1.82, 2.24) is 25.4 Å². The van der Waals surface area contributed by atoms with Gasteiger partial charge in [-0.3, -0.25) is 10.1 Å². The van der Waals surface area contributed by atoms with Crippen molar-refractivity contribution in [2.24, 2.45) is 17.8 Å². The molecule has 1 aromatic rings. The number of hydrogen-bond acceptors (Lipinski definition) is 5. The minimum absolute atomic E-state index is 0.0877. The molecule has 4 bridgehead atoms. The highest BCUT2D eigenvalue weighted by Crippen LogP contribution is 2.55. The molecule has 0 unspecified atom stereocenters. The monoisotopic (exact) mass is 415 g/mol. The Morgan fingerprint density at radius 2 is 1.79 bits per heavy atom. The molecule has 1 heterocycles. The van der Waals surface area contributed by atoms with Gasteiger partial charge in [-0.15, -0.1) is 16.8 Å². The summed E-state index contributed by atoms with van der Waals surface area (Å²) in [7, 11) is 0. The van der Waals surface area contributed by atoms with E-state index in [0.717, 1.165) is 55.7 Å². The lowest BCUT2D eigenvalue weighted by Gasteiger charge is -2.56. The van der Waals surface area contributed by atoms with Crippen molar-refractivity contribution >= 4 is 23.7 Å². The first kappa shape index (κ1) is 19.2. The summed E-state index contributed by atoms with van der Waals surface area (Å²) in [6, 6.07) is -0.344. The summed E-state index contributed by atoms with van der Waals surface area (Å²) in [5, 5.41) is 15.0. The summed E-state index contributed by atoms with van der Waals surface area (Å²) >= 11 is 1.32. The highest BCUT2D eigenvalue weighted by Gasteiger charge is 2.51. The van der Waals surface area contributed by atoms with E-state index in [4.69, 9.17) is 0 Å². The molecule has 0 aliphatic heterocycles. The van der Waals surface area contributed by atoms with E-state index in [-0.39, 0.29) is 23.2 Å². The van der Waals surface area contributed by atoms with Crippen LogP contribution in [0.25, 0.3) is 0 Å². The van der Waals surface area contributed by atoms with E-state index < -0.39 is 0 Å². The Balaban J connectivity index is 1.15. The maximum Gasteiger partial charge on any atom is 0.321 e. The molecule has 8 heteroatoms. The molecule has 7 nitrogen and oxygen atoms in total. The average Bonchev–Trinajstić information content (AvgIpc) is 3.40. The van der Waals surface area contributed by atoms with Gasteiger partial charge in [0.2, 0.25) is 5.91 Å². The minimum atomic E-state index is -0.344. The van der Waals surface area contributed by atoms with Crippen molar-refractivity contribution in [2.45, 2.75) is 74.5 Å². The Labute approximate surface area is 175 Å². The molecule has 0 atom stereocenters. The van der Waals surface area contributed by atoms with Crippen LogP contribution in [0.15, 0.2) is 17.8 Å². The fraction of sp³-hybridized carbons (Fsp3) is 0.714. The number of thioether (sulfide) groups is 1. The molecule has 5 fully saturated rings. The third-order valence-electron chi connectivity index (χ3n) is 7.00. The van der Waals surface area contributed by atoms with E-state index in [0.29, 0.717) is 17.6 Å². The Bertz CT molecular complexity index is 796. The van der Waals surface area contributed by atoms with E-state index in [1.807, 2.05) is 10.6 Å². The topological polar surface area (TPSA) is 88.9 Å². The van der Waals surface area contributed by atoms with E-state index >= 15 is 0 Å². The zero-order chi connectivity index (χ0) is 20.0. The van der Waals surface area contributed by atoms with E-state index in [9.17, 15) is 9.59 Å². The molecule has 156 valence electrons. The van der Waals surface area contributed by atoms with Crippen LogP contribution in [0, 0.1) is 17.8 Å². The predicted molar refractivity (Wildman–Crippen MR) is 110 cm³/mol. The van der Waals surface area contributed by atoms with Crippen LogP contribution in [0.4, 0.5) is 4.79 Å². The number of aromatic nitrogens is 3. The molecule has 3 amide bonds. The molecule has 29 heavy (non-hydrogen) atoms. The second-order valence-electron chi connectivity index (χ2n) is 9.50. The van der Waals surface area contributed by atoms with E-state index in [1.165, 1.54) is 31.0 Å². The maximum absolute atomic E-state index is 12.5. The van der Waals surface area contributed by atoms with Crippen LogP contribution in [0.1, 0.15) is 63.1 Å². The van der Waals surface area contributed by atoms with Gasteiger partial charge in [-0.1, -0.05) is 17.8 Å². The fourth-order valence-electron chi connectivity index (χ4n) is 6.18. The van der Waals surface area contributed by atoms with Crippen molar-refractivity contribution in [2.75, 3.05) is 5.75 Å². The van der Waals surface area contributed by atoms with Gasteiger partial charge in [-0.05, 0) is 69.1 Å². The lowest BCUT2D eigenvalue weighted by atomic mass is 9.53. The number of hydrogen-bond donors (Lipinski definition) is 2. The Hall–Kier alpha value is -1.83. The number of urea groups is 1. The number of carbonyl (C=O) groups excluding carboxylic acids is 2. The number of imide groups is 1. The van der Waals surface area contributed by atoms with Crippen LogP contribution in [0.5, 0.6) is 0 Å². The molecular weight excluding hydrogens is 386 g/mol. The van der Waals surface area contributed by atoms with Gasteiger partial charge in [-0.25, -0.2) is 4.79 Å². The van der Waals surface area contributed by atoms with Crippen molar-refractivity contribution < 1.29 is 9.59 Å². The first-order chi connectivity index (χ1) is 14.0. The largest absolute Gasteiger partial charge is 0.332 e. The Kier molecular flexibility index (Phi) is 4.92. The van der Waals surface area contributed by atoms with Gasteiger partial charge in [0.25, 0.3) is 0 Å². The molecule has 0 saturated heterocycles. The third kappa shape index (κ3) is 3.96. The van der Waals surface area contributed by atoms with Gasteiger partial charge in [0.1, 0.15) is 5.82 Å². The Morgan fingerprint density at radius 1 is 1.14 bits per heavy atom. The van der Waals surface area contributed by atoms with E-state index in [2.05, 4.69) is 27.4 Å². The normalized spacial score (nSPS) is 32.2. The van der Waals surface area contributed by atoms with Crippen molar-refractivity contribution in [1.29, 1.82) is 0 Å². The van der Waals surface area contributed by atoms with Crippen molar-refractivity contribution in [3.8, 4) is 0 Å². The lowest BCUT2D eigenvalue weighted by Crippen LogP contribution is -2.61. The Morgan fingerprint density at radius 3 is 2.38 bits per heavy atom. The number of carbonyl (C=O) groups is 2. The summed E-state index contributed by atoms with van der Waals surface area (Å²) in [5.74, 6) is 3.58. The predicted octanol–water partition coefficient (Wildman–Crippen LogP) is 3.23. The fourth-order valence-corrected chi connectivity index (χ4v) is 6.93. The molecule has 0 radical (unpaired) electrons. The summed E-state index contributed by atoms with van der Waals surface area (Å²) in [5.41, 5.74) is -0.0877. The standard InChI is InChI=1S/C21H29N5O2S/c1-2-5-26-18(16-3-4-16)24-25-20(26)29-12-17(27)22-19(28)23-21-9-13-6-14(10-21)8-15(7-13)11-21/h2,13-16H,1,3-12H2,(H2,22,23,27,28). The molecule has 0 spiro atoms. The van der Waals surface area contributed by atoms with Gasteiger partial charge in [0.05, 0.1) is 5.75 Å². The van der Waals surface area contributed by atoms with Crippen LogP contribution in [0.2, 0.25) is 0 Å². The molecule has 5 saturated carbocycles. The van der Waals surface area contributed by atoms with Crippen LogP contribution >= 0.6 is 11.8 Å². The average molecular weight is 416 g/mol. The van der Waals surface area contributed by atoms with Crippen molar-refractivity contribution in [3.05, 3.63) is 18.5 Å². The summed E-state index contributed by atoms with van der Waals surface area (Å²) in [4.78, 5) is 24.9. The zero-order valence-corrected chi connectivity index (χ0v) is 17.5. The molecule has 1 aromatic heterocycles. The second kappa shape index (κ2) is 7.45. The molecule has 5 aliphatic rings. The van der Waals surface area contributed by atoms with Crippen LogP contribution in [-0.2, 0) is 11.3 Å². The van der Waals surface area contributed by atoms with Gasteiger partial charge < -0.3 is 9.88 Å². The van der Waals surface area contributed by atoms with E-state index in [1.54, 1.807) is 0 Å². The summed E-state index contributed by atoms with van der Waals surface area (Å²) in [6.07, 6.45) is 11.3. The summed E-state index contributed by atoms with van der Waals surface area (Å²) < 4.78 is 2.03. The number of nitrogens with zero attached hydrogens (tertiary/aromatic N) is 3. The molecule has 6 rings (SSSR count). The van der Waals surface area contributed by atoms with Crippen LogP contribution in [-0.4, -0.2) is 38.0 Å². The lowest BCUT2D eigenvalue weighted by molar-refractivity contribution is -0.117. The van der Waals surface area contributed by atoms with Gasteiger partial charge in [0.15, 0.2) is 5.16 Å². The van der Waals surface area contributed by atoms with Crippen molar-refractivity contribution in [3.63, 3.8) is 0 Å². The SMILES string of the molecule is C=CCn1c(SCC(=O)NC(=O)NC23CC4CC(CC(C4)C2)C3)nnc1C1CC1. The highest BCUT2D eigenvalue weighted by atomic mass is 32.2. The van der Waals surface area contributed by atoms with Gasteiger partial charge >= 0.3 is 6.03 Å². The first-order valence-corrected chi connectivity index (χ1v) is 11.8. The van der Waals surface area contributed by atoms with Gasteiger partial charge in [-0.2, -0.15) is 0 Å². The van der Waals surface area contributed by atoms with Crippen LogP contribution in [0.3, 0.4) is 0 Å². The first-order valence-electron chi connectivity index (χ1n) is 10.8. The smallest absolute Gasteiger partial charge is 0.321 e. The minimum Gasteiger partial charge on any atom is -0.332 e. The number of rotatable bonds is 7. The highest BCUT2D eigenvalue weighted by molar-refractivity contribution is 7.99. The third-order valence-corrected chi connectivity index (χ3v) is 7.97. The quantitative estimate of drug-likeness (QED) is 0.527. The second-order valence-corrected chi connectivity index (χ2v) is 10.4. The maximum atomic E-state index is 12.5. The van der Waals surface area contributed by atoms with Crippen LogP contribution < -0.4 is 10.6 Å². The molecule has 5 aliphatic carbocycles.